The summed E-state index contributed by atoms with van der Waals surface area (Å²) in [4.78, 5) is 26.2. The van der Waals surface area contributed by atoms with Crippen molar-refractivity contribution in [1.82, 2.24) is 5.32 Å². The molecule has 0 radical (unpaired) electrons. The van der Waals surface area contributed by atoms with Crippen LogP contribution in [0.25, 0.3) is 6.08 Å². The minimum atomic E-state index is -0.504. The van der Waals surface area contributed by atoms with Crippen LogP contribution in [0.15, 0.2) is 54.1 Å². The van der Waals surface area contributed by atoms with Gasteiger partial charge in [0, 0.05) is 5.02 Å². The van der Waals surface area contributed by atoms with E-state index in [1.807, 2.05) is 31.2 Å². The zero-order valence-electron chi connectivity index (χ0n) is 12.7. The SMILES string of the molecule is Cc1ccc(/C=C2\C(=O)NC(=S)N(c3ccc(Cl)cc3)C2=O)cc1. The van der Waals surface area contributed by atoms with E-state index in [4.69, 9.17) is 23.8 Å². The van der Waals surface area contributed by atoms with Crippen molar-refractivity contribution in [2.24, 2.45) is 0 Å². The number of nitrogens with one attached hydrogen (secondary N) is 1. The number of thiocarbonyl (C=S) groups is 1. The van der Waals surface area contributed by atoms with Crippen molar-refractivity contribution in [2.75, 3.05) is 4.90 Å². The van der Waals surface area contributed by atoms with E-state index < -0.39 is 11.8 Å². The van der Waals surface area contributed by atoms with E-state index in [-0.39, 0.29) is 10.7 Å². The van der Waals surface area contributed by atoms with Gasteiger partial charge in [-0.2, -0.15) is 0 Å². The first-order valence-corrected chi connectivity index (χ1v) is 7.98. The minimum Gasteiger partial charge on any atom is -0.298 e. The first kappa shape index (κ1) is 16.4. The van der Waals surface area contributed by atoms with Crippen LogP contribution in [0.2, 0.25) is 5.02 Å². The van der Waals surface area contributed by atoms with E-state index >= 15 is 0 Å². The molecule has 1 saturated heterocycles. The van der Waals surface area contributed by atoms with Gasteiger partial charge in [0.25, 0.3) is 11.8 Å². The van der Waals surface area contributed by atoms with Gasteiger partial charge in [0.05, 0.1) is 5.69 Å². The van der Waals surface area contributed by atoms with Gasteiger partial charge in [0.1, 0.15) is 5.57 Å². The van der Waals surface area contributed by atoms with Crippen LogP contribution in [-0.2, 0) is 9.59 Å². The summed E-state index contributed by atoms with van der Waals surface area (Å²) >= 11 is 11.0. The molecule has 120 valence electrons. The number of hydrogen-bond acceptors (Lipinski definition) is 3. The van der Waals surface area contributed by atoms with Gasteiger partial charge in [-0.15, -0.1) is 0 Å². The van der Waals surface area contributed by atoms with Crippen LogP contribution in [-0.4, -0.2) is 16.9 Å². The Hall–Kier alpha value is -2.50. The molecule has 2 aromatic rings. The topological polar surface area (TPSA) is 49.4 Å². The Morgan fingerprint density at radius 1 is 1.04 bits per heavy atom. The number of nitrogens with zero attached hydrogens (tertiary/aromatic N) is 1. The Morgan fingerprint density at radius 2 is 1.67 bits per heavy atom. The molecule has 1 fully saturated rings. The fourth-order valence-corrected chi connectivity index (χ4v) is 2.72. The number of amides is 2. The normalized spacial score (nSPS) is 16.5. The molecule has 24 heavy (non-hydrogen) atoms. The van der Waals surface area contributed by atoms with Crippen molar-refractivity contribution < 1.29 is 9.59 Å². The van der Waals surface area contributed by atoms with Crippen LogP contribution in [0, 0.1) is 6.92 Å². The Labute approximate surface area is 149 Å². The molecular formula is C18H13ClN2O2S. The third kappa shape index (κ3) is 3.22. The number of carbonyl (C=O) groups is 2. The molecule has 4 nitrogen and oxygen atoms in total. The number of carbonyl (C=O) groups excluding carboxylic acids is 2. The molecule has 1 N–H and O–H groups in total. The number of halogens is 1. The molecule has 6 heteroatoms. The predicted octanol–water partition coefficient (Wildman–Crippen LogP) is 3.48. The highest BCUT2D eigenvalue weighted by Gasteiger charge is 2.34. The van der Waals surface area contributed by atoms with Gasteiger partial charge in [-0.1, -0.05) is 41.4 Å². The molecule has 1 heterocycles. The molecule has 0 atom stereocenters. The van der Waals surface area contributed by atoms with Gasteiger partial charge in [-0.05, 0) is 55.0 Å². The summed E-state index contributed by atoms with van der Waals surface area (Å²) < 4.78 is 0. The van der Waals surface area contributed by atoms with Crippen LogP contribution < -0.4 is 10.2 Å². The first-order chi connectivity index (χ1) is 11.5. The summed E-state index contributed by atoms with van der Waals surface area (Å²) in [6.45, 7) is 1.97. The maximum absolute atomic E-state index is 12.8. The lowest BCUT2D eigenvalue weighted by Gasteiger charge is -2.28. The van der Waals surface area contributed by atoms with Gasteiger partial charge >= 0.3 is 0 Å². The Morgan fingerprint density at radius 3 is 2.29 bits per heavy atom. The highest BCUT2D eigenvalue weighted by atomic mass is 35.5. The molecule has 1 aliphatic heterocycles. The average molecular weight is 357 g/mol. The van der Waals surface area contributed by atoms with E-state index in [1.54, 1.807) is 30.3 Å². The zero-order valence-corrected chi connectivity index (χ0v) is 14.3. The molecule has 0 spiro atoms. The lowest BCUT2D eigenvalue weighted by molar-refractivity contribution is -0.122. The van der Waals surface area contributed by atoms with Crippen LogP contribution in [0.5, 0.6) is 0 Å². The van der Waals surface area contributed by atoms with Crippen LogP contribution in [0.4, 0.5) is 5.69 Å². The summed E-state index contributed by atoms with van der Waals surface area (Å²) in [5.41, 5.74) is 2.44. The van der Waals surface area contributed by atoms with Crippen molar-refractivity contribution in [3.05, 3.63) is 70.3 Å². The van der Waals surface area contributed by atoms with E-state index in [1.165, 1.54) is 4.90 Å². The predicted molar refractivity (Wildman–Crippen MR) is 98.8 cm³/mol. The zero-order chi connectivity index (χ0) is 17.3. The lowest BCUT2D eigenvalue weighted by Crippen LogP contribution is -2.54. The summed E-state index contributed by atoms with van der Waals surface area (Å²) in [7, 11) is 0. The maximum atomic E-state index is 12.8. The van der Waals surface area contributed by atoms with Gasteiger partial charge in [-0.3, -0.25) is 19.8 Å². The Balaban J connectivity index is 1.99. The number of hydrogen-bond donors (Lipinski definition) is 1. The number of aryl methyl sites for hydroxylation is 1. The fourth-order valence-electron chi connectivity index (χ4n) is 2.31. The number of rotatable bonds is 2. The van der Waals surface area contributed by atoms with Crippen LogP contribution in [0.1, 0.15) is 11.1 Å². The minimum absolute atomic E-state index is 0.0300. The number of benzene rings is 2. The smallest absolute Gasteiger partial charge is 0.270 e. The second-order valence-corrected chi connectivity index (χ2v) is 6.17. The molecule has 0 bridgehead atoms. The van der Waals surface area contributed by atoms with E-state index in [2.05, 4.69) is 5.32 Å². The third-order valence-corrected chi connectivity index (χ3v) is 4.11. The summed E-state index contributed by atoms with van der Waals surface area (Å²) in [5, 5.41) is 3.15. The fraction of sp³-hybridized carbons (Fsp3) is 0.0556. The van der Waals surface area contributed by atoms with Crippen molar-refractivity contribution in [3.8, 4) is 0 Å². The second-order valence-electron chi connectivity index (χ2n) is 5.34. The first-order valence-electron chi connectivity index (χ1n) is 7.19. The lowest BCUT2D eigenvalue weighted by atomic mass is 10.1. The Bertz CT molecular complexity index is 858. The Kier molecular flexibility index (Phi) is 4.46. The highest BCUT2D eigenvalue weighted by molar-refractivity contribution is 7.80. The summed E-state index contributed by atoms with van der Waals surface area (Å²) in [6, 6.07) is 14.2. The van der Waals surface area contributed by atoms with Crippen molar-refractivity contribution in [2.45, 2.75) is 6.92 Å². The van der Waals surface area contributed by atoms with Crippen LogP contribution >= 0.6 is 23.8 Å². The van der Waals surface area contributed by atoms with E-state index in [0.717, 1.165) is 11.1 Å². The molecule has 0 saturated carbocycles. The largest absolute Gasteiger partial charge is 0.298 e. The molecular weight excluding hydrogens is 344 g/mol. The maximum Gasteiger partial charge on any atom is 0.270 e. The van der Waals surface area contributed by atoms with Gasteiger partial charge in [0.15, 0.2) is 5.11 Å². The molecule has 2 aromatic carbocycles. The molecule has 0 unspecified atom stereocenters. The monoisotopic (exact) mass is 356 g/mol. The third-order valence-electron chi connectivity index (χ3n) is 3.57. The molecule has 1 aliphatic rings. The average Bonchev–Trinajstić information content (AvgIpc) is 2.55. The summed E-state index contributed by atoms with van der Waals surface area (Å²) in [5.74, 6) is -0.970. The highest BCUT2D eigenvalue weighted by Crippen LogP contribution is 2.23. The molecule has 2 amide bonds. The van der Waals surface area contributed by atoms with Crippen molar-refractivity contribution in [3.63, 3.8) is 0 Å². The van der Waals surface area contributed by atoms with Crippen LogP contribution in [0.3, 0.4) is 0 Å². The quantitative estimate of drug-likeness (QED) is 0.509. The van der Waals surface area contributed by atoms with Gasteiger partial charge in [0.2, 0.25) is 0 Å². The molecule has 0 aliphatic carbocycles. The second kappa shape index (κ2) is 6.55. The number of anilines is 1. The molecule has 0 aromatic heterocycles. The van der Waals surface area contributed by atoms with Crippen molar-refractivity contribution >= 4 is 52.5 Å². The van der Waals surface area contributed by atoms with E-state index in [9.17, 15) is 9.59 Å². The standard InChI is InChI=1S/C18H13ClN2O2S/c1-11-2-4-12(5-3-11)10-15-16(22)20-18(24)21(17(15)23)14-8-6-13(19)7-9-14/h2-10H,1H3,(H,20,22,24)/b15-10+. The van der Waals surface area contributed by atoms with Gasteiger partial charge in [-0.25, -0.2) is 0 Å². The summed E-state index contributed by atoms with van der Waals surface area (Å²) in [6.07, 6.45) is 1.56. The van der Waals surface area contributed by atoms with Crippen molar-refractivity contribution in [1.29, 1.82) is 0 Å². The van der Waals surface area contributed by atoms with E-state index in [0.29, 0.717) is 10.7 Å². The van der Waals surface area contributed by atoms with Gasteiger partial charge < -0.3 is 0 Å². The molecule has 3 rings (SSSR count).